The van der Waals surface area contributed by atoms with Crippen molar-refractivity contribution in [1.29, 1.82) is 0 Å². The molecule has 0 heterocycles. The zero-order chi connectivity index (χ0) is 32.2. The third-order valence-corrected chi connectivity index (χ3v) is 22.4. The highest BCUT2D eigenvalue weighted by Gasteiger charge is 2.31. The Morgan fingerprint density at radius 3 is 0.638 bits per heavy atom. The molecular formula is C43H45P3Si. The Hall–Kier alpha value is -3.17. The van der Waals surface area contributed by atoms with Gasteiger partial charge in [-0.2, -0.15) is 0 Å². The van der Waals surface area contributed by atoms with E-state index in [0.29, 0.717) is 0 Å². The zero-order valence-corrected chi connectivity index (χ0v) is 31.1. The van der Waals surface area contributed by atoms with Crippen LogP contribution in [0.25, 0.3) is 0 Å². The molecule has 0 unspecified atom stereocenters. The molecule has 0 N–H and O–H groups in total. The van der Waals surface area contributed by atoms with E-state index in [0.717, 1.165) is 0 Å². The van der Waals surface area contributed by atoms with E-state index in [9.17, 15) is 0 Å². The van der Waals surface area contributed by atoms with Gasteiger partial charge in [-0.15, -0.1) is 0 Å². The van der Waals surface area contributed by atoms with Crippen LogP contribution in [0.15, 0.2) is 182 Å². The van der Waals surface area contributed by atoms with Crippen LogP contribution in [0.2, 0.25) is 24.7 Å². The third-order valence-electron chi connectivity index (χ3n) is 9.22. The van der Waals surface area contributed by atoms with Crippen LogP contribution in [0.5, 0.6) is 0 Å². The van der Waals surface area contributed by atoms with Gasteiger partial charge in [0, 0.05) is 0 Å². The first kappa shape index (κ1) is 33.7. The van der Waals surface area contributed by atoms with Gasteiger partial charge in [0.05, 0.1) is 8.07 Å². The van der Waals surface area contributed by atoms with Crippen molar-refractivity contribution in [3.8, 4) is 0 Å². The first-order valence-corrected chi connectivity index (χ1v) is 24.5. The second-order valence-electron chi connectivity index (χ2n) is 12.5. The minimum absolute atomic E-state index is 0.397. The quantitative estimate of drug-likeness (QED) is 0.0748. The number of rotatable bonds is 15. The number of hydrogen-bond acceptors (Lipinski definition) is 0. The van der Waals surface area contributed by atoms with Crippen molar-refractivity contribution in [2.24, 2.45) is 0 Å². The third kappa shape index (κ3) is 9.47. The lowest BCUT2D eigenvalue weighted by Crippen LogP contribution is -2.35. The molecule has 236 valence electrons. The van der Waals surface area contributed by atoms with Crippen molar-refractivity contribution in [1.82, 2.24) is 0 Å². The Labute approximate surface area is 287 Å². The minimum Gasteiger partial charge on any atom is -0.0691 e. The standard InChI is InChI=1S/C43H45P3Si/c1-47(35-32-44(38-20-8-2-9-21-38)39-22-10-3-11-23-39,36-33-45(40-24-12-4-13-25-40)41-26-14-5-15-27-41)37-34-46(42-28-16-6-17-29-42)43-30-18-7-19-31-43/h2-31H,32-37H2,1H3. The van der Waals surface area contributed by atoms with Crippen LogP contribution >= 0.6 is 23.8 Å². The molecule has 0 bridgehead atoms. The summed E-state index contributed by atoms with van der Waals surface area (Å²) in [7, 11) is -2.88. The zero-order valence-electron chi connectivity index (χ0n) is 27.4. The predicted octanol–water partition coefficient (Wildman–Crippen LogP) is 9.46. The molecule has 0 aliphatic carbocycles. The van der Waals surface area contributed by atoms with Crippen LogP contribution in [0.3, 0.4) is 0 Å². The first-order valence-electron chi connectivity index (χ1n) is 16.8. The van der Waals surface area contributed by atoms with E-state index in [2.05, 4.69) is 189 Å². The normalized spacial score (nSPS) is 11.7. The topological polar surface area (TPSA) is 0 Å². The smallest absolute Gasteiger partial charge is 0.0515 e. The molecule has 0 amide bonds. The average Bonchev–Trinajstić information content (AvgIpc) is 3.15. The summed E-state index contributed by atoms with van der Waals surface area (Å²) in [6.07, 6.45) is 3.82. The molecule has 6 aromatic carbocycles. The van der Waals surface area contributed by atoms with Crippen molar-refractivity contribution in [3.05, 3.63) is 182 Å². The molecule has 0 spiro atoms. The molecule has 0 nitrogen and oxygen atoms in total. The number of hydrogen-bond donors (Lipinski definition) is 0. The molecule has 0 aromatic heterocycles. The molecule has 0 saturated carbocycles. The van der Waals surface area contributed by atoms with E-state index in [1.165, 1.54) is 68.4 Å². The van der Waals surface area contributed by atoms with Gasteiger partial charge in [0.15, 0.2) is 0 Å². The van der Waals surface area contributed by atoms with E-state index in [-0.39, 0.29) is 0 Å². The highest BCUT2D eigenvalue weighted by molar-refractivity contribution is 7.74. The van der Waals surface area contributed by atoms with Gasteiger partial charge in [-0.25, -0.2) is 0 Å². The van der Waals surface area contributed by atoms with Crippen LogP contribution in [-0.2, 0) is 0 Å². The first-order chi connectivity index (χ1) is 23.2. The Morgan fingerprint density at radius 1 is 0.298 bits per heavy atom. The SMILES string of the molecule is C[Si](CCP(c1ccccc1)c1ccccc1)(CCP(c1ccccc1)c1ccccc1)CCP(c1ccccc1)c1ccccc1. The lowest BCUT2D eigenvalue weighted by molar-refractivity contribution is 1.19. The van der Waals surface area contributed by atoms with Gasteiger partial charge in [0.1, 0.15) is 0 Å². The van der Waals surface area contributed by atoms with Gasteiger partial charge >= 0.3 is 0 Å². The Kier molecular flexibility index (Phi) is 12.4. The van der Waals surface area contributed by atoms with Crippen molar-refractivity contribution in [3.63, 3.8) is 0 Å². The van der Waals surface area contributed by atoms with Crippen LogP contribution in [-0.4, -0.2) is 26.6 Å². The van der Waals surface area contributed by atoms with Gasteiger partial charge in [-0.3, -0.25) is 0 Å². The van der Waals surface area contributed by atoms with Crippen LogP contribution in [0.4, 0.5) is 0 Å². The van der Waals surface area contributed by atoms with E-state index in [4.69, 9.17) is 0 Å². The highest BCUT2D eigenvalue weighted by atomic mass is 31.1. The highest BCUT2D eigenvalue weighted by Crippen LogP contribution is 2.44. The van der Waals surface area contributed by atoms with Gasteiger partial charge in [-0.05, 0) is 74.1 Å². The summed E-state index contributed by atoms with van der Waals surface area (Å²) in [4.78, 5) is 0. The Balaban J connectivity index is 1.30. The summed E-state index contributed by atoms with van der Waals surface area (Å²) in [5, 5.41) is 9.06. The molecule has 47 heavy (non-hydrogen) atoms. The van der Waals surface area contributed by atoms with Crippen LogP contribution < -0.4 is 31.8 Å². The van der Waals surface area contributed by atoms with E-state index < -0.39 is 31.8 Å². The summed E-state index contributed by atoms with van der Waals surface area (Å²) < 4.78 is 0. The fourth-order valence-electron chi connectivity index (χ4n) is 6.39. The monoisotopic (exact) mass is 682 g/mol. The second-order valence-corrected chi connectivity index (χ2v) is 24.7. The van der Waals surface area contributed by atoms with Gasteiger partial charge in [-0.1, -0.05) is 207 Å². The summed E-state index contributed by atoms with van der Waals surface area (Å²) in [5.74, 6) is 0. The van der Waals surface area contributed by atoms with E-state index in [1.807, 2.05) is 0 Å². The van der Waals surface area contributed by atoms with E-state index >= 15 is 0 Å². The molecule has 0 aliphatic heterocycles. The minimum atomic E-state index is -1.69. The summed E-state index contributed by atoms with van der Waals surface area (Å²) >= 11 is 0. The van der Waals surface area contributed by atoms with E-state index in [1.54, 1.807) is 0 Å². The molecule has 6 rings (SSSR count). The van der Waals surface area contributed by atoms with Gasteiger partial charge < -0.3 is 0 Å². The molecule has 0 radical (unpaired) electrons. The predicted molar refractivity (Wildman–Crippen MR) is 218 cm³/mol. The molecule has 0 aliphatic rings. The molecule has 6 aromatic rings. The second kappa shape index (κ2) is 17.3. The summed E-state index contributed by atoms with van der Waals surface area (Å²) in [6, 6.07) is 72.2. The fraction of sp³-hybridized carbons (Fsp3) is 0.163. The maximum absolute atomic E-state index is 2.75. The lowest BCUT2D eigenvalue weighted by atomic mass is 10.4. The van der Waals surface area contributed by atoms with Crippen LogP contribution in [0, 0.1) is 0 Å². The molecule has 4 heteroatoms. The van der Waals surface area contributed by atoms with Crippen molar-refractivity contribution < 1.29 is 0 Å². The average molecular weight is 683 g/mol. The Bertz CT molecular complexity index is 1410. The molecular weight excluding hydrogens is 637 g/mol. The molecule has 0 atom stereocenters. The fourth-order valence-corrected chi connectivity index (χ4v) is 21.9. The number of benzene rings is 6. The van der Waals surface area contributed by atoms with Gasteiger partial charge in [0.25, 0.3) is 0 Å². The summed E-state index contributed by atoms with van der Waals surface area (Å²) in [5.41, 5.74) is 0. The maximum atomic E-state index is 2.75. The van der Waals surface area contributed by atoms with Gasteiger partial charge in [0.2, 0.25) is 0 Å². The van der Waals surface area contributed by atoms with Crippen molar-refractivity contribution in [2.75, 3.05) is 18.5 Å². The van der Waals surface area contributed by atoms with Crippen molar-refractivity contribution in [2.45, 2.75) is 24.7 Å². The van der Waals surface area contributed by atoms with Crippen LogP contribution in [0.1, 0.15) is 0 Å². The molecule has 0 fully saturated rings. The van der Waals surface area contributed by atoms with Crippen molar-refractivity contribution >= 4 is 63.7 Å². The largest absolute Gasteiger partial charge is 0.0691 e. The summed E-state index contributed by atoms with van der Waals surface area (Å²) in [6.45, 7) is 2.75. The Morgan fingerprint density at radius 2 is 0.468 bits per heavy atom. The maximum Gasteiger partial charge on any atom is 0.0515 e. The molecule has 0 saturated heterocycles. The lowest BCUT2D eigenvalue weighted by Gasteiger charge is -2.33.